The molecular formula is C16H19N3O4S. The molecule has 1 heterocycles. The van der Waals surface area contributed by atoms with E-state index >= 15 is 0 Å². The summed E-state index contributed by atoms with van der Waals surface area (Å²) in [5.74, 6) is -0.921. The minimum absolute atomic E-state index is 0.00944. The molecule has 0 saturated carbocycles. The molecule has 128 valence electrons. The molecular weight excluding hydrogens is 330 g/mol. The van der Waals surface area contributed by atoms with Gasteiger partial charge in [-0.25, -0.2) is 8.42 Å². The van der Waals surface area contributed by atoms with Gasteiger partial charge in [0.25, 0.3) is 0 Å². The topological polar surface area (TPSA) is 98.6 Å². The smallest absolute Gasteiger partial charge is 0.247 e. The lowest BCUT2D eigenvalue weighted by Crippen LogP contribution is -2.45. The van der Waals surface area contributed by atoms with E-state index < -0.39 is 27.9 Å². The first-order chi connectivity index (χ1) is 11.2. The molecule has 0 N–H and O–H groups in total. The molecule has 0 aromatic heterocycles. The molecule has 0 bridgehead atoms. The summed E-state index contributed by atoms with van der Waals surface area (Å²) in [5, 5.41) is 9.02. The number of aryl methyl sites for hydroxylation is 1. The molecule has 0 radical (unpaired) electrons. The molecule has 8 heteroatoms. The first-order valence-electron chi connectivity index (χ1n) is 7.57. The summed E-state index contributed by atoms with van der Waals surface area (Å²) in [6.45, 7) is 3.55. The molecule has 2 amide bonds. The zero-order chi connectivity index (χ0) is 18.1. The van der Waals surface area contributed by atoms with E-state index in [2.05, 4.69) is 0 Å². The van der Waals surface area contributed by atoms with Crippen LogP contribution in [0.4, 0.5) is 0 Å². The van der Waals surface area contributed by atoms with Gasteiger partial charge >= 0.3 is 0 Å². The lowest BCUT2D eigenvalue weighted by atomic mass is 10.2. The number of rotatable bonds is 5. The summed E-state index contributed by atoms with van der Waals surface area (Å²) in [6, 6.07) is 5.29. The number of benzene rings is 1. The number of imide groups is 1. The SMILES string of the molecule is CCCN([C@@H]1CC(=O)N(C)C1=O)S(=O)(=O)c1cc(C#N)ccc1C. The monoisotopic (exact) mass is 349 g/mol. The number of likely N-dealkylation sites (tertiary alicyclic amines) is 1. The molecule has 1 atom stereocenters. The van der Waals surface area contributed by atoms with Crippen molar-refractivity contribution in [2.24, 2.45) is 0 Å². The maximum Gasteiger partial charge on any atom is 0.247 e. The van der Waals surface area contributed by atoms with Crippen molar-refractivity contribution in [2.75, 3.05) is 13.6 Å². The molecule has 1 aromatic carbocycles. The van der Waals surface area contributed by atoms with Crippen molar-refractivity contribution >= 4 is 21.8 Å². The Morgan fingerprint density at radius 2 is 2.04 bits per heavy atom. The second-order valence-electron chi connectivity index (χ2n) is 5.72. The fourth-order valence-electron chi connectivity index (χ4n) is 2.70. The maximum absolute atomic E-state index is 13.1. The van der Waals surface area contributed by atoms with Gasteiger partial charge in [0.2, 0.25) is 21.8 Å². The number of carbonyl (C=O) groups excluding carboxylic acids is 2. The van der Waals surface area contributed by atoms with E-state index in [-0.39, 0.29) is 23.4 Å². The van der Waals surface area contributed by atoms with Crippen molar-refractivity contribution in [3.05, 3.63) is 29.3 Å². The Morgan fingerprint density at radius 1 is 1.38 bits per heavy atom. The van der Waals surface area contributed by atoms with E-state index in [1.165, 1.54) is 19.2 Å². The van der Waals surface area contributed by atoms with Crippen LogP contribution >= 0.6 is 0 Å². The maximum atomic E-state index is 13.1. The van der Waals surface area contributed by atoms with Crippen LogP contribution in [-0.2, 0) is 19.6 Å². The van der Waals surface area contributed by atoms with Gasteiger partial charge in [0, 0.05) is 13.6 Å². The number of nitrogens with zero attached hydrogens (tertiary/aromatic N) is 3. The first-order valence-corrected chi connectivity index (χ1v) is 9.01. The number of hydrogen-bond donors (Lipinski definition) is 0. The molecule has 1 aliphatic heterocycles. The second-order valence-corrected chi connectivity index (χ2v) is 7.58. The molecule has 1 aliphatic rings. The van der Waals surface area contributed by atoms with E-state index in [0.29, 0.717) is 12.0 Å². The van der Waals surface area contributed by atoms with E-state index in [0.717, 1.165) is 9.21 Å². The molecule has 2 rings (SSSR count). The van der Waals surface area contributed by atoms with Crippen LogP contribution in [0.25, 0.3) is 0 Å². The lowest BCUT2D eigenvalue weighted by Gasteiger charge is -2.26. The molecule has 1 aromatic rings. The van der Waals surface area contributed by atoms with Gasteiger partial charge < -0.3 is 0 Å². The quantitative estimate of drug-likeness (QED) is 0.739. The van der Waals surface area contributed by atoms with E-state index in [9.17, 15) is 18.0 Å². The van der Waals surface area contributed by atoms with Gasteiger partial charge in [-0.15, -0.1) is 0 Å². The van der Waals surface area contributed by atoms with E-state index in [1.807, 2.05) is 6.07 Å². The van der Waals surface area contributed by atoms with Gasteiger partial charge in [0.15, 0.2) is 0 Å². The number of amides is 2. The summed E-state index contributed by atoms with van der Waals surface area (Å²) in [5.41, 5.74) is 0.710. The van der Waals surface area contributed by atoms with Crippen LogP contribution in [0.5, 0.6) is 0 Å². The van der Waals surface area contributed by atoms with Crippen LogP contribution in [0.1, 0.15) is 30.9 Å². The normalized spacial score (nSPS) is 18.3. The molecule has 1 saturated heterocycles. The fourth-order valence-corrected chi connectivity index (χ4v) is 4.62. The number of likely N-dealkylation sites (N-methyl/N-ethyl adjacent to an activating group) is 1. The summed E-state index contributed by atoms with van der Waals surface area (Å²) < 4.78 is 27.3. The van der Waals surface area contributed by atoms with Crippen molar-refractivity contribution < 1.29 is 18.0 Å². The van der Waals surface area contributed by atoms with Crippen LogP contribution in [-0.4, -0.2) is 49.1 Å². The Kier molecular flexibility index (Phi) is 5.06. The van der Waals surface area contributed by atoms with E-state index in [4.69, 9.17) is 5.26 Å². The van der Waals surface area contributed by atoms with Crippen molar-refractivity contribution in [2.45, 2.75) is 37.6 Å². The third-order valence-corrected chi connectivity index (χ3v) is 6.10. The van der Waals surface area contributed by atoms with Crippen LogP contribution in [0, 0.1) is 18.3 Å². The van der Waals surface area contributed by atoms with Crippen LogP contribution < -0.4 is 0 Å². The van der Waals surface area contributed by atoms with Crippen molar-refractivity contribution in [3.63, 3.8) is 0 Å². The predicted molar refractivity (Wildman–Crippen MR) is 86.3 cm³/mol. The van der Waals surface area contributed by atoms with Gasteiger partial charge in [-0.05, 0) is 31.0 Å². The number of sulfonamides is 1. The molecule has 0 aliphatic carbocycles. The van der Waals surface area contributed by atoms with Gasteiger partial charge in [-0.3, -0.25) is 14.5 Å². The highest BCUT2D eigenvalue weighted by Gasteiger charge is 2.44. The van der Waals surface area contributed by atoms with E-state index in [1.54, 1.807) is 19.9 Å². The minimum Gasteiger partial charge on any atom is -0.284 e. The van der Waals surface area contributed by atoms with Gasteiger partial charge in [0.1, 0.15) is 6.04 Å². The average Bonchev–Trinajstić information content (AvgIpc) is 2.80. The summed E-state index contributed by atoms with van der Waals surface area (Å²) in [4.78, 5) is 25.0. The van der Waals surface area contributed by atoms with Crippen molar-refractivity contribution in [3.8, 4) is 6.07 Å². The summed E-state index contributed by atoms with van der Waals surface area (Å²) in [7, 11) is -2.66. The predicted octanol–water partition coefficient (Wildman–Crippen LogP) is 1.02. The summed E-state index contributed by atoms with van der Waals surface area (Å²) >= 11 is 0. The zero-order valence-electron chi connectivity index (χ0n) is 13.8. The Hall–Kier alpha value is -2.24. The average molecular weight is 349 g/mol. The van der Waals surface area contributed by atoms with Crippen LogP contribution in [0.15, 0.2) is 23.1 Å². The highest BCUT2D eigenvalue weighted by molar-refractivity contribution is 7.89. The largest absolute Gasteiger partial charge is 0.284 e. The standard InChI is InChI=1S/C16H19N3O4S/c1-4-7-19(13-9-15(20)18(3)16(13)21)24(22,23)14-8-12(10-17)6-5-11(14)2/h5-6,8,13H,4,7,9H2,1-3H3/t13-/m1/s1. The Balaban J connectivity index is 2.53. The number of hydrogen-bond acceptors (Lipinski definition) is 5. The zero-order valence-corrected chi connectivity index (χ0v) is 14.6. The molecule has 7 nitrogen and oxygen atoms in total. The van der Waals surface area contributed by atoms with Gasteiger partial charge in [-0.2, -0.15) is 9.57 Å². The van der Waals surface area contributed by atoms with Crippen molar-refractivity contribution in [1.29, 1.82) is 5.26 Å². The molecule has 1 fully saturated rings. The Morgan fingerprint density at radius 3 is 2.54 bits per heavy atom. The van der Waals surface area contributed by atoms with Crippen LogP contribution in [0.2, 0.25) is 0 Å². The molecule has 0 unspecified atom stereocenters. The Bertz CT molecular complexity index is 826. The van der Waals surface area contributed by atoms with Crippen LogP contribution in [0.3, 0.4) is 0 Å². The highest BCUT2D eigenvalue weighted by atomic mass is 32.2. The third kappa shape index (κ3) is 3.05. The molecule has 0 spiro atoms. The second kappa shape index (κ2) is 6.71. The number of carbonyl (C=O) groups is 2. The van der Waals surface area contributed by atoms with Gasteiger partial charge in [-0.1, -0.05) is 13.0 Å². The molecule has 24 heavy (non-hydrogen) atoms. The number of nitriles is 1. The third-order valence-electron chi connectivity index (χ3n) is 4.05. The summed E-state index contributed by atoms with van der Waals surface area (Å²) in [6.07, 6.45) is 0.337. The minimum atomic E-state index is -4.01. The highest BCUT2D eigenvalue weighted by Crippen LogP contribution is 2.27. The Labute approximate surface area is 141 Å². The van der Waals surface area contributed by atoms with Crippen molar-refractivity contribution in [1.82, 2.24) is 9.21 Å². The fraction of sp³-hybridized carbons (Fsp3) is 0.438. The lowest BCUT2D eigenvalue weighted by molar-refractivity contribution is -0.137. The van der Waals surface area contributed by atoms with Gasteiger partial charge in [0.05, 0.1) is 22.9 Å². The first kappa shape index (κ1) is 18.1.